The van der Waals surface area contributed by atoms with Crippen molar-refractivity contribution in [1.82, 2.24) is 25.2 Å². The number of carbonyl (C=O) groups excluding carboxylic acids is 3. The Morgan fingerprint density at radius 3 is 2.49 bits per heavy atom. The van der Waals surface area contributed by atoms with Crippen molar-refractivity contribution in [3.05, 3.63) is 53.2 Å². The van der Waals surface area contributed by atoms with E-state index >= 15 is 0 Å². The standard InChI is InChI=1S/C30H30N6O4S/c1-29(2,3)40-28(39)36-15-30(16-36)9-11-35(12-10-30)27-32-20-7-5-4-6-18(20)23(33-27)22-21(24(37)34-25(22)38)19-14-31-26-17(19)8-13-41-26/h4-8,13-14,31H,9-12,15-16H2,1-3H3,(H,34,37,38). The fourth-order valence-electron chi connectivity index (χ4n) is 6.11. The van der Waals surface area contributed by atoms with Gasteiger partial charge < -0.3 is 19.5 Å². The predicted octanol–water partition coefficient (Wildman–Crippen LogP) is 4.58. The van der Waals surface area contributed by atoms with Crippen LogP contribution in [0.2, 0.25) is 0 Å². The predicted molar refractivity (Wildman–Crippen MR) is 157 cm³/mol. The number of thiophene rings is 1. The monoisotopic (exact) mass is 570 g/mol. The Kier molecular flexibility index (Phi) is 5.73. The Balaban J connectivity index is 1.21. The highest BCUT2D eigenvalue weighted by molar-refractivity contribution is 7.16. The van der Waals surface area contributed by atoms with Crippen LogP contribution in [0.3, 0.4) is 0 Å². The molecule has 11 heteroatoms. The second-order valence-corrected chi connectivity index (χ2v) is 13.0. The number of H-pyrrole nitrogens is 1. The number of likely N-dealkylation sites (tertiary alicyclic amines) is 1. The molecule has 3 aliphatic heterocycles. The van der Waals surface area contributed by atoms with Gasteiger partial charge in [-0.05, 0) is 51.1 Å². The van der Waals surface area contributed by atoms with Gasteiger partial charge in [-0.25, -0.2) is 14.8 Å². The van der Waals surface area contributed by atoms with E-state index in [1.54, 1.807) is 22.4 Å². The maximum atomic E-state index is 13.3. The van der Waals surface area contributed by atoms with E-state index in [-0.39, 0.29) is 17.1 Å². The molecule has 4 aromatic rings. The van der Waals surface area contributed by atoms with Crippen LogP contribution in [-0.2, 0) is 14.3 Å². The van der Waals surface area contributed by atoms with E-state index in [1.807, 2.05) is 56.5 Å². The number of para-hydroxylation sites is 1. The minimum atomic E-state index is -0.513. The average Bonchev–Trinajstić information content (AvgIpc) is 3.60. The van der Waals surface area contributed by atoms with Crippen LogP contribution in [0.25, 0.3) is 32.3 Å². The van der Waals surface area contributed by atoms with E-state index in [0.29, 0.717) is 46.8 Å². The highest BCUT2D eigenvalue weighted by atomic mass is 32.1. The van der Waals surface area contributed by atoms with Crippen LogP contribution in [0, 0.1) is 5.41 Å². The van der Waals surface area contributed by atoms with Crippen molar-refractivity contribution in [3.8, 4) is 0 Å². The van der Waals surface area contributed by atoms with Gasteiger partial charge in [-0.3, -0.25) is 14.9 Å². The second-order valence-electron chi connectivity index (χ2n) is 12.1. The number of amides is 3. The van der Waals surface area contributed by atoms with Gasteiger partial charge in [0.15, 0.2) is 0 Å². The molecule has 3 aromatic heterocycles. The third-order valence-electron chi connectivity index (χ3n) is 8.14. The Morgan fingerprint density at radius 1 is 1.00 bits per heavy atom. The first-order valence-corrected chi connectivity index (χ1v) is 14.6. The summed E-state index contributed by atoms with van der Waals surface area (Å²) in [5.41, 5.74) is 1.99. The Hall–Kier alpha value is -4.25. The average molecular weight is 571 g/mol. The first kappa shape index (κ1) is 25.7. The third kappa shape index (κ3) is 4.35. The molecule has 3 amide bonds. The van der Waals surface area contributed by atoms with E-state index in [4.69, 9.17) is 14.7 Å². The lowest BCUT2D eigenvalue weighted by molar-refractivity contribution is -0.122. The van der Waals surface area contributed by atoms with Gasteiger partial charge in [-0.2, -0.15) is 0 Å². The number of fused-ring (bicyclic) bond motifs is 2. The highest BCUT2D eigenvalue weighted by Gasteiger charge is 2.48. The van der Waals surface area contributed by atoms with Crippen molar-refractivity contribution in [2.24, 2.45) is 5.41 Å². The van der Waals surface area contributed by atoms with E-state index in [9.17, 15) is 14.4 Å². The molecular weight excluding hydrogens is 540 g/mol. The number of ether oxygens (including phenoxy) is 1. The number of anilines is 1. The van der Waals surface area contributed by atoms with Crippen LogP contribution in [0.4, 0.5) is 10.7 Å². The number of nitrogens with zero attached hydrogens (tertiary/aromatic N) is 4. The fourth-order valence-corrected chi connectivity index (χ4v) is 6.88. The number of benzene rings is 1. The van der Waals surface area contributed by atoms with Gasteiger partial charge in [-0.1, -0.05) is 18.2 Å². The number of aromatic amines is 1. The number of hydrogen-bond acceptors (Lipinski definition) is 8. The van der Waals surface area contributed by atoms with Crippen molar-refractivity contribution in [3.63, 3.8) is 0 Å². The van der Waals surface area contributed by atoms with Crippen LogP contribution < -0.4 is 10.2 Å². The summed E-state index contributed by atoms with van der Waals surface area (Å²) in [5.74, 6) is -0.356. The van der Waals surface area contributed by atoms with Gasteiger partial charge in [0.1, 0.15) is 10.4 Å². The third-order valence-corrected chi connectivity index (χ3v) is 8.99. The summed E-state index contributed by atoms with van der Waals surface area (Å²) in [5, 5.41) is 6.06. The largest absolute Gasteiger partial charge is 0.444 e. The van der Waals surface area contributed by atoms with Gasteiger partial charge in [0.05, 0.1) is 22.4 Å². The molecule has 2 saturated heterocycles. The molecule has 10 nitrogen and oxygen atoms in total. The number of rotatable bonds is 3. The second kappa shape index (κ2) is 9.13. The smallest absolute Gasteiger partial charge is 0.410 e. The molecule has 0 aliphatic carbocycles. The van der Waals surface area contributed by atoms with E-state index in [0.717, 1.165) is 36.1 Å². The lowest BCUT2D eigenvalue weighted by atomic mass is 9.72. The number of carbonyl (C=O) groups is 3. The number of aromatic nitrogens is 3. The van der Waals surface area contributed by atoms with Gasteiger partial charge in [-0.15, -0.1) is 11.3 Å². The fraction of sp³-hybridized carbons (Fsp3) is 0.367. The quantitative estimate of drug-likeness (QED) is 0.346. The molecule has 0 saturated carbocycles. The minimum Gasteiger partial charge on any atom is -0.444 e. The van der Waals surface area contributed by atoms with Gasteiger partial charge in [0.2, 0.25) is 5.95 Å². The van der Waals surface area contributed by atoms with E-state index < -0.39 is 17.4 Å². The lowest BCUT2D eigenvalue weighted by Gasteiger charge is -2.53. The van der Waals surface area contributed by atoms with Gasteiger partial charge in [0, 0.05) is 54.1 Å². The molecule has 2 fully saturated rings. The van der Waals surface area contributed by atoms with Crippen LogP contribution >= 0.6 is 11.3 Å². The van der Waals surface area contributed by atoms with Crippen LogP contribution in [0.5, 0.6) is 0 Å². The number of nitrogens with one attached hydrogen (secondary N) is 2. The zero-order chi connectivity index (χ0) is 28.5. The van der Waals surface area contributed by atoms with Crippen LogP contribution in [0.1, 0.15) is 44.9 Å². The zero-order valence-corrected chi connectivity index (χ0v) is 23.9. The first-order valence-electron chi connectivity index (χ1n) is 13.8. The maximum absolute atomic E-state index is 13.3. The molecule has 0 unspecified atom stereocenters. The minimum absolute atomic E-state index is 0.0702. The Morgan fingerprint density at radius 2 is 1.73 bits per heavy atom. The molecule has 2 N–H and O–H groups in total. The van der Waals surface area contributed by atoms with Crippen LogP contribution in [-0.4, -0.2) is 69.5 Å². The molecule has 210 valence electrons. The van der Waals surface area contributed by atoms with E-state index in [1.165, 1.54) is 0 Å². The Bertz CT molecular complexity index is 1760. The molecule has 41 heavy (non-hydrogen) atoms. The van der Waals surface area contributed by atoms with Crippen LogP contribution in [0.15, 0.2) is 41.9 Å². The molecule has 0 atom stereocenters. The Labute approximate surface area is 240 Å². The van der Waals surface area contributed by atoms with Crippen molar-refractivity contribution < 1.29 is 19.1 Å². The molecule has 6 heterocycles. The molecule has 0 radical (unpaired) electrons. The van der Waals surface area contributed by atoms with Gasteiger partial charge >= 0.3 is 6.09 Å². The van der Waals surface area contributed by atoms with Crippen molar-refractivity contribution in [2.75, 3.05) is 31.1 Å². The SMILES string of the molecule is CC(C)(C)OC(=O)N1CC2(CCN(c3nc(C4=C(c5c[nH]c6sccc56)C(=O)NC4=O)c4ccccc4n3)CC2)C1. The summed E-state index contributed by atoms with van der Waals surface area (Å²) < 4.78 is 5.53. The van der Waals surface area contributed by atoms with Gasteiger partial charge in [0.25, 0.3) is 11.8 Å². The first-order chi connectivity index (χ1) is 19.6. The highest BCUT2D eigenvalue weighted by Crippen LogP contribution is 2.42. The number of imide groups is 1. The zero-order valence-electron chi connectivity index (χ0n) is 23.1. The molecule has 7 rings (SSSR count). The molecule has 3 aliphatic rings. The summed E-state index contributed by atoms with van der Waals surface area (Å²) in [6.45, 7) is 8.46. The lowest BCUT2D eigenvalue weighted by Crippen LogP contribution is -2.62. The molecule has 0 bridgehead atoms. The summed E-state index contributed by atoms with van der Waals surface area (Å²) in [4.78, 5) is 56.8. The molecule has 1 spiro atoms. The molecular formula is C30H30N6O4S. The van der Waals surface area contributed by atoms with Crippen molar-refractivity contribution in [2.45, 2.75) is 39.2 Å². The number of hydrogen-bond donors (Lipinski definition) is 2. The summed E-state index contributed by atoms with van der Waals surface area (Å²) >= 11 is 1.54. The summed E-state index contributed by atoms with van der Waals surface area (Å²) in [7, 11) is 0. The summed E-state index contributed by atoms with van der Waals surface area (Å²) in [6.07, 6.45) is 3.31. The van der Waals surface area contributed by atoms with E-state index in [2.05, 4.69) is 15.2 Å². The van der Waals surface area contributed by atoms with Crippen molar-refractivity contribution in [1.29, 1.82) is 0 Å². The van der Waals surface area contributed by atoms with Crippen molar-refractivity contribution >= 4 is 67.5 Å². The summed E-state index contributed by atoms with van der Waals surface area (Å²) in [6, 6.07) is 9.53. The maximum Gasteiger partial charge on any atom is 0.410 e. The number of piperidine rings is 1. The molecule has 1 aromatic carbocycles. The topological polar surface area (TPSA) is 121 Å². The normalized spacial score (nSPS) is 18.9.